The molecule has 0 radical (unpaired) electrons. The number of rotatable bonds is 3. The van der Waals surface area contributed by atoms with Crippen LogP contribution in [0.3, 0.4) is 0 Å². The number of halogens is 1. The van der Waals surface area contributed by atoms with Crippen molar-refractivity contribution in [3.8, 4) is 0 Å². The minimum absolute atomic E-state index is 0.404. The molecule has 0 amide bonds. The molecule has 2 aromatic rings. The fraction of sp³-hybridized carbons (Fsp3) is 0.333. The smallest absolute Gasteiger partial charge is 0.0450 e. The van der Waals surface area contributed by atoms with Crippen LogP contribution in [0.2, 0.25) is 5.02 Å². The van der Waals surface area contributed by atoms with Crippen LogP contribution in [0.1, 0.15) is 24.1 Å². The SMILES string of the molecule is CC1CNC(c2ccccc2)CN1Cc1cccc(Cl)c1. The van der Waals surface area contributed by atoms with Gasteiger partial charge in [0.05, 0.1) is 0 Å². The molecule has 2 aromatic carbocycles. The third-order valence-corrected chi connectivity index (χ3v) is 4.41. The van der Waals surface area contributed by atoms with Crippen LogP contribution in [-0.2, 0) is 6.54 Å². The monoisotopic (exact) mass is 300 g/mol. The Labute approximate surface area is 131 Å². The van der Waals surface area contributed by atoms with Crippen molar-refractivity contribution >= 4 is 11.6 Å². The van der Waals surface area contributed by atoms with Crippen molar-refractivity contribution in [2.24, 2.45) is 0 Å². The lowest BCUT2D eigenvalue weighted by Gasteiger charge is -2.39. The Kier molecular flexibility index (Phi) is 4.59. The van der Waals surface area contributed by atoms with Gasteiger partial charge in [-0.05, 0) is 30.2 Å². The Morgan fingerprint density at radius 3 is 2.71 bits per heavy atom. The number of nitrogens with zero attached hydrogens (tertiary/aromatic N) is 1. The summed E-state index contributed by atoms with van der Waals surface area (Å²) in [7, 11) is 0. The second-order valence-electron chi connectivity index (χ2n) is 5.78. The highest BCUT2D eigenvalue weighted by molar-refractivity contribution is 6.30. The fourth-order valence-corrected chi connectivity index (χ4v) is 3.13. The summed E-state index contributed by atoms with van der Waals surface area (Å²) in [6, 6.07) is 19.8. The number of hydrogen-bond donors (Lipinski definition) is 1. The molecule has 3 heteroatoms. The molecule has 1 aliphatic rings. The van der Waals surface area contributed by atoms with Crippen molar-refractivity contribution < 1.29 is 0 Å². The van der Waals surface area contributed by atoms with E-state index in [-0.39, 0.29) is 0 Å². The maximum Gasteiger partial charge on any atom is 0.0450 e. The Balaban J connectivity index is 1.72. The molecule has 110 valence electrons. The molecule has 2 nitrogen and oxygen atoms in total. The first kappa shape index (κ1) is 14.6. The molecule has 1 N–H and O–H groups in total. The summed E-state index contributed by atoms with van der Waals surface area (Å²) in [6.07, 6.45) is 0. The maximum atomic E-state index is 6.09. The lowest BCUT2D eigenvalue weighted by molar-refractivity contribution is 0.133. The van der Waals surface area contributed by atoms with Gasteiger partial charge in [-0.25, -0.2) is 0 Å². The van der Waals surface area contributed by atoms with E-state index in [0.29, 0.717) is 12.1 Å². The Morgan fingerprint density at radius 2 is 1.95 bits per heavy atom. The van der Waals surface area contributed by atoms with E-state index in [1.165, 1.54) is 11.1 Å². The van der Waals surface area contributed by atoms with Gasteiger partial charge in [0, 0.05) is 36.7 Å². The van der Waals surface area contributed by atoms with Crippen LogP contribution in [-0.4, -0.2) is 24.0 Å². The zero-order valence-corrected chi connectivity index (χ0v) is 13.1. The van der Waals surface area contributed by atoms with Crippen molar-refractivity contribution in [2.45, 2.75) is 25.6 Å². The lowest BCUT2D eigenvalue weighted by Crippen LogP contribution is -2.50. The van der Waals surface area contributed by atoms with E-state index in [2.05, 4.69) is 59.6 Å². The highest BCUT2D eigenvalue weighted by Crippen LogP contribution is 2.22. The molecule has 0 bridgehead atoms. The average Bonchev–Trinajstić information content (AvgIpc) is 2.50. The standard InChI is InChI=1S/C18H21ClN2/c1-14-11-20-18(16-7-3-2-4-8-16)13-21(14)12-15-6-5-9-17(19)10-15/h2-10,14,18,20H,11-13H2,1H3. The van der Waals surface area contributed by atoms with Crippen molar-refractivity contribution in [1.29, 1.82) is 0 Å². The second-order valence-corrected chi connectivity index (χ2v) is 6.22. The Hall–Kier alpha value is -1.35. The van der Waals surface area contributed by atoms with Gasteiger partial charge in [0.1, 0.15) is 0 Å². The van der Waals surface area contributed by atoms with Crippen molar-refractivity contribution in [1.82, 2.24) is 10.2 Å². The molecule has 3 rings (SSSR count). The van der Waals surface area contributed by atoms with E-state index in [4.69, 9.17) is 11.6 Å². The van der Waals surface area contributed by atoms with Gasteiger partial charge in [-0.3, -0.25) is 4.90 Å². The molecule has 2 unspecified atom stereocenters. The summed E-state index contributed by atoms with van der Waals surface area (Å²) in [4.78, 5) is 2.53. The number of benzene rings is 2. The Morgan fingerprint density at radius 1 is 1.14 bits per heavy atom. The van der Waals surface area contributed by atoms with Crippen molar-refractivity contribution in [3.63, 3.8) is 0 Å². The number of hydrogen-bond acceptors (Lipinski definition) is 2. The van der Waals surface area contributed by atoms with Crippen LogP contribution in [0.25, 0.3) is 0 Å². The molecule has 0 aromatic heterocycles. The van der Waals surface area contributed by atoms with Gasteiger partial charge in [0.2, 0.25) is 0 Å². The lowest BCUT2D eigenvalue weighted by atomic mass is 10.0. The van der Waals surface area contributed by atoms with E-state index in [0.717, 1.165) is 24.7 Å². The molecule has 2 atom stereocenters. The van der Waals surface area contributed by atoms with Gasteiger partial charge in [0.15, 0.2) is 0 Å². The summed E-state index contributed by atoms with van der Waals surface area (Å²) in [5, 5.41) is 4.46. The van der Waals surface area contributed by atoms with Crippen molar-refractivity contribution in [3.05, 3.63) is 70.7 Å². The fourth-order valence-electron chi connectivity index (χ4n) is 2.92. The molecule has 0 saturated carbocycles. The van der Waals surface area contributed by atoms with Crippen LogP contribution in [0.5, 0.6) is 0 Å². The molecule has 0 spiro atoms. The van der Waals surface area contributed by atoms with E-state index >= 15 is 0 Å². The largest absolute Gasteiger partial charge is 0.307 e. The summed E-state index contributed by atoms with van der Waals surface area (Å²) >= 11 is 6.09. The van der Waals surface area contributed by atoms with Crippen LogP contribution < -0.4 is 5.32 Å². The van der Waals surface area contributed by atoms with Crippen molar-refractivity contribution in [2.75, 3.05) is 13.1 Å². The number of piperazine rings is 1. The molecular formula is C18H21ClN2. The first-order valence-electron chi connectivity index (χ1n) is 7.49. The predicted octanol–water partition coefficient (Wildman–Crippen LogP) is 3.88. The first-order chi connectivity index (χ1) is 10.2. The van der Waals surface area contributed by atoms with Crippen LogP contribution in [0, 0.1) is 0 Å². The van der Waals surface area contributed by atoms with Gasteiger partial charge < -0.3 is 5.32 Å². The van der Waals surface area contributed by atoms with Crippen LogP contribution in [0.15, 0.2) is 54.6 Å². The van der Waals surface area contributed by atoms with E-state index in [1.807, 2.05) is 12.1 Å². The second kappa shape index (κ2) is 6.61. The summed E-state index contributed by atoms with van der Waals surface area (Å²) in [5.41, 5.74) is 2.64. The quantitative estimate of drug-likeness (QED) is 0.925. The van der Waals surface area contributed by atoms with Gasteiger partial charge in [-0.1, -0.05) is 54.1 Å². The molecule has 0 aliphatic carbocycles. The van der Waals surface area contributed by atoms with Crippen LogP contribution >= 0.6 is 11.6 Å². The summed E-state index contributed by atoms with van der Waals surface area (Å²) < 4.78 is 0. The molecular weight excluding hydrogens is 280 g/mol. The molecule has 1 aliphatic heterocycles. The van der Waals surface area contributed by atoms with Gasteiger partial charge in [0.25, 0.3) is 0 Å². The zero-order chi connectivity index (χ0) is 14.7. The minimum atomic E-state index is 0.404. The maximum absolute atomic E-state index is 6.09. The summed E-state index contributed by atoms with van der Waals surface area (Å²) in [5.74, 6) is 0. The number of nitrogens with one attached hydrogen (secondary N) is 1. The van der Waals surface area contributed by atoms with Crippen LogP contribution in [0.4, 0.5) is 0 Å². The topological polar surface area (TPSA) is 15.3 Å². The average molecular weight is 301 g/mol. The predicted molar refractivity (Wildman–Crippen MR) is 88.5 cm³/mol. The first-order valence-corrected chi connectivity index (χ1v) is 7.87. The van der Waals surface area contributed by atoms with Gasteiger partial charge in [-0.15, -0.1) is 0 Å². The minimum Gasteiger partial charge on any atom is -0.307 e. The zero-order valence-electron chi connectivity index (χ0n) is 12.3. The van der Waals surface area contributed by atoms with E-state index in [1.54, 1.807) is 0 Å². The molecule has 1 heterocycles. The molecule has 1 saturated heterocycles. The van der Waals surface area contributed by atoms with Gasteiger partial charge >= 0.3 is 0 Å². The third kappa shape index (κ3) is 3.65. The Bertz CT molecular complexity index is 585. The normalized spacial score (nSPS) is 23.1. The molecule has 21 heavy (non-hydrogen) atoms. The molecule has 1 fully saturated rings. The van der Waals surface area contributed by atoms with E-state index < -0.39 is 0 Å². The summed E-state index contributed by atoms with van der Waals surface area (Å²) in [6.45, 7) is 5.27. The van der Waals surface area contributed by atoms with E-state index in [9.17, 15) is 0 Å². The highest BCUT2D eigenvalue weighted by Gasteiger charge is 2.25. The third-order valence-electron chi connectivity index (χ3n) is 4.18. The van der Waals surface area contributed by atoms with Gasteiger partial charge in [-0.2, -0.15) is 0 Å². The highest BCUT2D eigenvalue weighted by atomic mass is 35.5.